The number of benzene rings is 2. The van der Waals surface area contributed by atoms with E-state index in [4.69, 9.17) is 4.74 Å². The van der Waals surface area contributed by atoms with E-state index in [-0.39, 0.29) is 24.2 Å². The number of hydrogen-bond acceptors (Lipinski definition) is 3. The van der Waals surface area contributed by atoms with E-state index in [1.807, 2.05) is 19.1 Å². The number of alkyl halides is 3. The Hall–Kier alpha value is -3.03. The van der Waals surface area contributed by atoms with Crippen LogP contribution in [0.2, 0.25) is 0 Å². The van der Waals surface area contributed by atoms with E-state index in [0.717, 1.165) is 17.7 Å². The van der Waals surface area contributed by atoms with Crippen molar-refractivity contribution in [2.45, 2.75) is 13.1 Å². The highest BCUT2D eigenvalue weighted by molar-refractivity contribution is 5.94. The van der Waals surface area contributed by atoms with E-state index in [0.29, 0.717) is 31.7 Å². The molecule has 0 atom stereocenters. The summed E-state index contributed by atoms with van der Waals surface area (Å²) in [6, 6.07) is 11.7. The van der Waals surface area contributed by atoms with Crippen LogP contribution in [0.15, 0.2) is 48.5 Å². The Morgan fingerprint density at radius 3 is 2.21 bits per heavy atom. The maximum atomic E-state index is 12.7. The zero-order valence-corrected chi connectivity index (χ0v) is 15.9. The zero-order valence-electron chi connectivity index (χ0n) is 15.9. The third-order valence-electron chi connectivity index (χ3n) is 4.74. The van der Waals surface area contributed by atoms with Crippen LogP contribution in [0.5, 0.6) is 5.75 Å². The molecule has 1 aliphatic heterocycles. The van der Waals surface area contributed by atoms with Gasteiger partial charge in [0.2, 0.25) is 0 Å². The summed E-state index contributed by atoms with van der Waals surface area (Å²) >= 11 is 0. The first-order valence-electron chi connectivity index (χ1n) is 9.18. The van der Waals surface area contributed by atoms with Gasteiger partial charge in [-0.05, 0) is 37.3 Å². The molecule has 2 aromatic carbocycles. The van der Waals surface area contributed by atoms with Crippen LogP contribution < -0.4 is 4.74 Å². The van der Waals surface area contributed by atoms with Gasteiger partial charge in [-0.15, -0.1) is 0 Å². The molecule has 0 N–H and O–H groups in total. The van der Waals surface area contributed by atoms with E-state index < -0.39 is 11.7 Å². The van der Waals surface area contributed by atoms with Gasteiger partial charge in [-0.2, -0.15) is 13.2 Å². The molecule has 3 rings (SSSR count). The second kappa shape index (κ2) is 8.55. The first-order valence-corrected chi connectivity index (χ1v) is 9.18. The number of hydrogen-bond donors (Lipinski definition) is 0. The minimum Gasteiger partial charge on any atom is -0.484 e. The number of aryl methyl sites for hydroxylation is 1. The van der Waals surface area contributed by atoms with Gasteiger partial charge in [-0.25, -0.2) is 0 Å². The lowest BCUT2D eigenvalue weighted by Crippen LogP contribution is -2.51. The third-order valence-corrected chi connectivity index (χ3v) is 4.74. The fraction of sp³-hybridized carbons (Fsp3) is 0.333. The van der Waals surface area contributed by atoms with E-state index in [9.17, 15) is 22.8 Å². The highest BCUT2D eigenvalue weighted by Crippen LogP contribution is 2.31. The minimum absolute atomic E-state index is 0.0126. The van der Waals surface area contributed by atoms with Crippen molar-refractivity contribution in [3.63, 3.8) is 0 Å². The number of ether oxygens (including phenoxy) is 1. The summed E-state index contributed by atoms with van der Waals surface area (Å²) in [4.78, 5) is 28.1. The van der Waals surface area contributed by atoms with E-state index in [2.05, 4.69) is 0 Å². The highest BCUT2D eigenvalue weighted by Gasteiger charge is 2.31. The third kappa shape index (κ3) is 5.28. The van der Waals surface area contributed by atoms with Crippen LogP contribution in [-0.2, 0) is 11.0 Å². The lowest BCUT2D eigenvalue weighted by atomic mass is 10.1. The van der Waals surface area contributed by atoms with Crippen molar-refractivity contribution in [2.75, 3.05) is 32.8 Å². The molecular formula is C21H21F3N2O3. The Morgan fingerprint density at radius 1 is 0.966 bits per heavy atom. The number of rotatable bonds is 4. The van der Waals surface area contributed by atoms with E-state index in [1.165, 1.54) is 12.1 Å². The van der Waals surface area contributed by atoms with E-state index in [1.54, 1.807) is 21.9 Å². The van der Waals surface area contributed by atoms with Crippen molar-refractivity contribution in [3.8, 4) is 5.75 Å². The largest absolute Gasteiger partial charge is 0.484 e. The number of amides is 2. The molecule has 1 aliphatic rings. The second-order valence-corrected chi connectivity index (χ2v) is 6.85. The minimum atomic E-state index is -4.47. The number of piperazine rings is 1. The van der Waals surface area contributed by atoms with Gasteiger partial charge in [0.15, 0.2) is 6.61 Å². The average Bonchev–Trinajstić information content (AvgIpc) is 2.72. The van der Waals surface area contributed by atoms with Gasteiger partial charge in [0, 0.05) is 31.7 Å². The molecule has 8 heteroatoms. The van der Waals surface area contributed by atoms with Crippen LogP contribution in [0, 0.1) is 6.92 Å². The fourth-order valence-corrected chi connectivity index (χ4v) is 3.04. The highest BCUT2D eigenvalue weighted by atomic mass is 19.4. The van der Waals surface area contributed by atoms with Crippen molar-refractivity contribution in [2.24, 2.45) is 0 Å². The van der Waals surface area contributed by atoms with Crippen LogP contribution in [-0.4, -0.2) is 54.4 Å². The normalized spacial score (nSPS) is 14.6. The summed E-state index contributed by atoms with van der Waals surface area (Å²) < 4.78 is 43.5. The Kier molecular flexibility index (Phi) is 6.10. The summed E-state index contributed by atoms with van der Waals surface area (Å²) in [6.45, 7) is 3.07. The Morgan fingerprint density at radius 2 is 1.59 bits per heavy atom. The smallest absolute Gasteiger partial charge is 0.416 e. The maximum Gasteiger partial charge on any atom is 0.416 e. The van der Waals surface area contributed by atoms with Gasteiger partial charge >= 0.3 is 6.18 Å². The molecule has 154 valence electrons. The van der Waals surface area contributed by atoms with Crippen molar-refractivity contribution in [1.29, 1.82) is 0 Å². The first-order chi connectivity index (χ1) is 13.7. The van der Waals surface area contributed by atoms with Crippen molar-refractivity contribution in [1.82, 2.24) is 9.80 Å². The Balaban J connectivity index is 1.50. The Labute approximate surface area is 166 Å². The van der Waals surface area contributed by atoms with E-state index >= 15 is 0 Å². The summed E-state index contributed by atoms with van der Waals surface area (Å²) in [6.07, 6.45) is -4.47. The number of halogens is 3. The van der Waals surface area contributed by atoms with Crippen LogP contribution >= 0.6 is 0 Å². The predicted molar refractivity (Wildman–Crippen MR) is 101 cm³/mol. The van der Waals surface area contributed by atoms with Crippen LogP contribution in [0.25, 0.3) is 0 Å². The first kappa shape index (κ1) is 20.7. The molecule has 0 spiro atoms. The van der Waals surface area contributed by atoms with Gasteiger partial charge in [0.25, 0.3) is 11.8 Å². The molecule has 0 aromatic heterocycles. The molecule has 29 heavy (non-hydrogen) atoms. The Bertz CT molecular complexity index is 873. The molecule has 1 saturated heterocycles. The standard InChI is InChI=1S/C21H21F3N2O3/c1-15-5-7-16(8-6-15)20(28)26-11-9-25(10-12-26)19(27)14-29-18-4-2-3-17(13-18)21(22,23)24/h2-8,13H,9-12,14H2,1H3. The SMILES string of the molecule is Cc1ccc(C(=O)N2CCN(C(=O)COc3cccc(C(F)(F)F)c3)CC2)cc1. The average molecular weight is 406 g/mol. The number of nitrogens with zero attached hydrogens (tertiary/aromatic N) is 2. The summed E-state index contributed by atoms with van der Waals surface area (Å²) in [5, 5.41) is 0. The van der Waals surface area contributed by atoms with Gasteiger partial charge in [0.1, 0.15) is 5.75 Å². The van der Waals surface area contributed by atoms with Gasteiger partial charge in [0.05, 0.1) is 5.56 Å². The molecule has 0 saturated carbocycles. The summed E-state index contributed by atoms with van der Waals surface area (Å²) in [7, 11) is 0. The second-order valence-electron chi connectivity index (χ2n) is 6.85. The maximum absolute atomic E-state index is 12.7. The molecule has 2 amide bonds. The molecule has 2 aromatic rings. The molecular weight excluding hydrogens is 385 g/mol. The van der Waals surface area contributed by atoms with Crippen molar-refractivity contribution < 1.29 is 27.5 Å². The van der Waals surface area contributed by atoms with Gasteiger partial charge in [-0.3, -0.25) is 9.59 Å². The summed E-state index contributed by atoms with van der Waals surface area (Å²) in [5.74, 6) is -0.427. The van der Waals surface area contributed by atoms with Gasteiger partial charge < -0.3 is 14.5 Å². The number of carbonyl (C=O) groups excluding carboxylic acids is 2. The summed E-state index contributed by atoms with van der Waals surface area (Å²) in [5.41, 5.74) is 0.840. The lowest BCUT2D eigenvalue weighted by Gasteiger charge is -2.34. The molecule has 0 unspecified atom stereocenters. The van der Waals surface area contributed by atoms with Crippen LogP contribution in [0.3, 0.4) is 0 Å². The molecule has 5 nitrogen and oxygen atoms in total. The predicted octanol–water partition coefficient (Wildman–Crippen LogP) is 3.38. The lowest BCUT2D eigenvalue weighted by molar-refractivity contribution is -0.137. The molecule has 0 bridgehead atoms. The molecule has 0 radical (unpaired) electrons. The van der Waals surface area contributed by atoms with Crippen molar-refractivity contribution >= 4 is 11.8 Å². The molecule has 1 heterocycles. The monoisotopic (exact) mass is 406 g/mol. The fourth-order valence-electron chi connectivity index (χ4n) is 3.04. The number of carbonyl (C=O) groups is 2. The van der Waals surface area contributed by atoms with Crippen LogP contribution in [0.4, 0.5) is 13.2 Å². The van der Waals surface area contributed by atoms with Crippen molar-refractivity contribution in [3.05, 3.63) is 65.2 Å². The topological polar surface area (TPSA) is 49.9 Å². The molecule has 0 aliphatic carbocycles. The quantitative estimate of drug-likeness (QED) is 0.782. The zero-order chi connectivity index (χ0) is 21.0. The molecule has 1 fully saturated rings. The van der Waals surface area contributed by atoms with Gasteiger partial charge in [-0.1, -0.05) is 23.8 Å². The van der Waals surface area contributed by atoms with Crippen LogP contribution in [0.1, 0.15) is 21.5 Å².